The molecule has 0 aliphatic carbocycles. The summed E-state index contributed by atoms with van der Waals surface area (Å²) in [5, 5.41) is 10.4. The van der Waals surface area contributed by atoms with E-state index in [0.29, 0.717) is 26.2 Å². The zero-order chi connectivity index (χ0) is 32.2. The minimum Gasteiger partial charge on any atom is -0.335 e. The highest BCUT2D eigenvalue weighted by atomic mass is 35.5. The summed E-state index contributed by atoms with van der Waals surface area (Å²) in [6.45, 7) is 1.74. The first-order chi connectivity index (χ1) is 22.4. The first kappa shape index (κ1) is 31.1. The van der Waals surface area contributed by atoms with Crippen LogP contribution in [0, 0.1) is 23.0 Å². The average molecular weight is 653 g/mol. The van der Waals surface area contributed by atoms with Gasteiger partial charge in [-0.2, -0.15) is 5.26 Å². The van der Waals surface area contributed by atoms with Gasteiger partial charge in [0.1, 0.15) is 22.4 Å². The lowest BCUT2D eigenvalue weighted by molar-refractivity contribution is -0.126. The SMILES string of the molecule is N#C/C(C(=O)N1CCN(C(c2ccccc2)c2ccccc2)CC1)=c1/s/c(=C\c2c(F)cccc2Cl)c(=O)n1-c1ccccc1F. The summed E-state index contributed by atoms with van der Waals surface area (Å²) in [4.78, 5) is 31.6. The Morgan fingerprint density at radius 1 is 0.826 bits per heavy atom. The topological polar surface area (TPSA) is 69.3 Å². The van der Waals surface area contributed by atoms with Gasteiger partial charge in [-0.1, -0.05) is 90.5 Å². The molecule has 1 aromatic heterocycles. The van der Waals surface area contributed by atoms with Crippen LogP contribution in [0.5, 0.6) is 0 Å². The van der Waals surface area contributed by atoms with E-state index in [1.807, 2.05) is 42.5 Å². The lowest BCUT2D eigenvalue weighted by Crippen LogP contribution is -2.50. The molecule has 46 heavy (non-hydrogen) atoms. The van der Waals surface area contributed by atoms with Crippen molar-refractivity contribution in [3.8, 4) is 11.8 Å². The molecule has 0 saturated carbocycles. The predicted octanol–water partition coefficient (Wildman–Crippen LogP) is 5.27. The molecule has 0 spiro atoms. The van der Waals surface area contributed by atoms with Gasteiger partial charge in [-0.15, -0.1) is 11.3 Å². The minimum absolute atomic E-state index is 0.0100. The van der Waals surface area contributed by atoms with Gasteiger partial charge in [0, 0.05) is 31.7 Å². The summed E-state index contributed by atoms with van der Waals surface area (Å²) in [5.74, 6) is -1.94. The van der Waals surface area contributed by atoms with Gasteiger partial charge in [-0.05, 0) is 41.5 Å². The fourth-order valence-corrected chi connectivity index (χ4v) is 6.98. The maximum absolute atomic E-state index is 15.1. The van der Waals surface area contributed by atoms with Crippen LogP contribution >= 0.6 is 22.9 Å². The number of nitrogens with zero attached hydrogens (tertiary/aromatic N) is 4. The second kappa shape index (κ2) is 13.6. The van der Waals surface area contributed by atoms with Gasteiger partial charge < -0.3 is 4.90 Å². The van der Waals surface area contributed by atoms with Crippen LogP contribution < -0.4 is 14.8 Å². The number of benzene rings is 4. The number of para-hydroxylation sites is 1. The Balaban J connectivity index is 1.40. The van der Waals surface area contributed by atoms with Gasteiger partial charge in [0.05, 0.1) is 21.3 Å². The first-order valence-corrected chi connectivity index (χ1v) is 15.8. The van der Waals surface area contributed by atoms with Crippen molar-refractivity contribution in [2.45, 2.75) is 6.04 Å². The zero-order valence-corrected chi connectivity index (χ0v) is 26.0. The monoisotopic (exact) mass is 652 g/mol. The molecule has 2 heterocycles. The molecule has 0 radical (unpaired) electrons. The fourth-order valence-electron chi connectivity index (χ4n) is 5.69. The Morgan fingerprint density at radius 3 is 2.00 bits per heavy atom. The van der Waals surface area contributed by atoms with Gasteiger partial charge >= 0.3 is 0 Å². The van der Waals surface area contributed by atoms with E-state index in [1.165, 1.54) is 42.5 Å². The van der Waals surface area contributed by atoms with Gasteiger partial charge in [-0.3, -0.25) is 19.1 Å². The molecule has 5 aromatic rings. The Hall–Kier alpha value is -4.88. The van der Waals surface area contributed by atoms with Gasteiger partial charge in [-0.25, -0.2) is 8.78 Å². The number of carbonyl (C=O) groups is 1. The van der Waals surface area contributed by atoms with Gasteiger partial charge in [0.2, 0.25) is 0 Å². The number of hydrogen-bond acceptors (Lipinski definition) is 5. The van der Waals surface area contributed by atoms with Crippen LogP contribution in [0.2, 0.25) is 5.02 Å². The molecule has 1 saturated heterocycles. The van der Waals surface area contributed by atoms with E-state index < -0.39 is 23.1 Å². The van der Waals surface area contributed by atoms with Gasteiger partial charge in [0.25, 0.3) is 11.5 Å². The maximum atomic E-state index is 15.1. The van der Waals surface area contributed by atoms with Crippen molar-refractivity contribution in [2.24, 2.45) is 0 Å². The Bertz CT molecular complexity index is 2060. The second-order valence-corrected chi connectivity index (χ2v) is 12.1. The Morgan fingerprint density at radius 2 is 1.41 bits per heavy atom. The van der Waals surface area contributed by atoms with E-state index in [1.54, 1.807) is 11.0 Å². The third-order valence-electron chi connectivity index (χ3n) is 7.93. The zero-order valence-electron chi connectivity index (χ0n) is 24.4. The molecule has 1 fully saturated rings. The fraction of sp³-hybridized carbons (Fsp3) is 0.139. The van der Waals surface area contributed by atoms with Gasteiger partial charge in [0.15, 0.2) is 5.57 Å². The second-order valence-electron chi connectivity index (χ2n) is 10.7. The predicted molar refractivity (Wildman–Crippen MR) is 176 cm³/mol. The molecule has 0 N–H and O–H groups in total. The summed E-state index contributed by atoms with van der Waals surface area (Å²) in [6, 6.07) is 32.0. The molecule has 1 amide bonds. The number of rotatable bonds is 6. The molecular weight excluding hydrogens is 626 g/mol. The Kier molecular flexibility index (Phi) is 9.22. The van der Waals surface area contributed by atoms with Crippen molar-refractivity contribution in [1.82, 2.24) is 14.4 Å². The summed E-state index contributed by atoms with van der Waals surface area (Å²) >= 11 is 7.03. The minimum atomic E-state index is -0.717. The molecule has 10 heteroatoms. The molecule has 230 valence electrons. The molecule has 0 bridgehead atoms. The van der Waals surface area contributed by atoms with Crippen LogP contribution in [-0.2, 0) is 4.79 Å². The number of aromatic nitrogens is 1. The van der Waals surface area contributed by atoms with Crippen LogP contribution in [0.1, 0.15) is 22.7 Å². The van der Waals surface area contributed by atoms with Crippen molar-refractivity contribution >= 4 is 40.5 Å². The molecular formula is C36H27ClF2N4O2S. The van der Waals surface area contributed by atoms with E-state index >= 15 is 4.39 Å². The number of thiazole rings is 1. The number of amides is 1. The number of halogens is 3. The molecule has 0 unspecified atom stereocenters. The third-order valence-corrected chi connectivity index (χ3v) is 9.35. The van der Waals surface area contributed by atoms with E-state index in [2.05, 4.69) is 29.2 Å². The summed E-state index contributed by atoms with van der Waals surface area (Å²) < 4.78 is 30.7. The van der Waals surface area contributed by atoms with Crippen LogP contribution in [-0.4, -0.2) is 46.5 Å². The smallest absolute Gasteiger partial charge is 0.273 e. The molecule has 0 atom stereocenters. The highest BCUT2D eigenvalue weighted by Gasteiger charge is 2.30. The summed E-state index contributed by atoms with van der Waals surface area (Å²) in [6.07, 6.45) is 1.26. The number of piperazine rings is 1. The highest BCUT2D eigenvalue weighted by Crippen LogP contribution is 2.29. The van der Waals surface area contributed by atoms with E-state index in [-0.39, 0.29) is 37.1 Å². The number of hydrogen-bond donors (Lipinski definition) is 0. The van der Waals surface area contributed by atoms with Crippen LogP contribution in [0.4, 0.5) is 8.78 Å². The highest BCUT2D eigenvalue weighted by molar-refractivity contribution is 7.07. The molecule has 6 nitrogen and oxygen atoms in total. The maximum Gasteiger partial charge on any atom is 0.273 e. The molecule has 6 rings (SSSR count). The van der Waals surface area contributed by atoms with Crippen molar-refractivity contribution in [2.75, 3.05) is 26.2 Å². The van der Waals surface area contributed by atoms with Crippen LogP contribution in [0.3, 0.4) is 0 Å². The van der Waals surface area contributed by atoms with Crippen molar-refractivity contribution < 1.29 is 13.6 Å². The van der Waals surface area contributed by atoms with Crippen LogP contribution in [0.25, 0.3) is 17.3 Å². The standard InChI is InChI=1S/C36H27ClF2N4O2S/c37-28-14-9-16-29(38)26(28)22-32-35(45)43(31-17-8-7-15-30(31)39)36(46-32)27(23-40)34(44)42-20-18-41(19-21-42)33(24-10-3-1-4-11-24)25-12-5-2-6-13-25/h1-17,22,33H,18-21H2/b32-22-,36-27-. The lowest BCUT2D eigenvalue weighted by Gasteiger charge is -2.39. The average Bonchev–Trinajstić information content (AvgIpc) is 3.39. The molecule has 4 aromatic carbocycles. The molecule has 1 aliphatic rings. The first-order valence-electron chi connectivity index (χ1n) is 14.6. The number of carbonyl (C=O) groups excluding carboxylic acids is 1. The summed E-state index contributed by atoms with van der Waals surface area (Å²) in [5.41, 5.74) is 1.09. The van der Waals surface area contributed by atoms with E-state index in [9.17, 15) is 19.2 Å². The summed E-state index contributed by atoms with van der Waals surface area (Å²) in [7, 11) is 0. The number of nitriles is 1. The van der Waals surface area contributed by atoms with Crippen LogP contribution in [0.15, 0.2) is 108 Å². The molecule has 1 aliphatic heterocycles. The van der Waals surface area contributed by atoms with E-state index in [4.69, 9.17) is 11.6 Å². The largest absolute Gasteiger partial charge is 0.335 e. The lowest BCUT2D eigenvalue weighted by atomic mass is 9.96. The quantitative estimate of drug-likeness (QED) is 0.251. The van der Waals surface area contributed by atoms with Crippen molar-refractivity contribution in [3.05, 3.63) is 156 Å². The van der Waals surface area contributed by atoms with E-state index in [0.717, 1.165) is 27.0 Å². The normalized spacial score (nSPS) is 14.8. The third kappa shape index (κ3) is 6.15. The van der Waals surface area contributed by atoms with Crippen molar-refractivity contribution in [1.29, 1.82) is 5.26 Å². The van der Waals surface area contributed by atoms with Crippen molar-refractivity contribution in [3.63, 3.8) is 0 Å². The Labute approximate surface area is 272 Å².